The van der Waals surface area contributed by atoms with Gasteiger partial charge in [0.2, 0.25) is 0 Å². The highest BCUT2D eigenvalue weighted by Crippen LogP contribution is 2.06. The van der Waals surface area contributed by atoms with Crippen LogP contribution >= 0.6 is 0 Å². The van der Waals surface area contributed by atoms with E-state index >= 15 is 0 Å². The molecule has 0 aromatic heterocycles. The van der Waals surface area contributed by atoms with Crippen LogP contribution in [0.4, 0.5) is 0 Å². The molecule has 0 heterocycles. The van der Waals surface area contributed by atoms with E-state index < -0.39 is 0 Å². The summed E-state index contributed by atoms with van der Waals surface area (Å²) in [6.07, 6.45) is 10.9. The first-order valence-corrected chi connectivity index (χ1v) is 6.46. The first-order valence-electron chi connectivity index (χ1n) is 6.46. The summed E-state index contributed by atoms with van der Waals surface area (Å²) in [6.45, 7) is 7.37. The van der Waals surface area contributed by atoms with E-state index in [9.17, 15) is 0 Å². The maximum absolute atomic E-state index is 5.63. The molecule has 0 aliphatic rings. The van der Waals surface area contributed by atoms with Crippen LogP contribution in [0.5, 0.6) is 0 Å². The van der Waals surface area contributed by atoms with Gasteiger partial charge in [-0.25, -0.2) is 0 Å². The van der Waals surface area contributed by atoms with E-state index in [1.807, 2.05) is 0 Å². The Morgan fingerprint density at radius 1 is 1.19 bits per heavy atom. The lowest BCUT2D eigenvalue weighted by atomic mass is 10.1. The number of hydrogen-bond donors (Lipinski definition) is 2. The van der Waals surface area contributed by atoms with Gasteiger partial charge in [0.05, 0.1) is 0 Å². The van der Waals surface area contributed by atoms with Crippen molar-refractivity contribution >= 4 is 5.96 Å². The Bertz CT molecular complexity index is 188. The summed E-state index contributed by atoms with van der Waals surface area (Å²) < 4.78 is 0. The summed E-state index contributed by atoms with van der Waals surface area (Å²) in [6, 6.07) is 0. The van der Waals surface area contributed by atoms with Crippen LogP contribution in [0.3, 0.4) is 0 Å². The van der Waals surface area contributed by atoms with E-state index in [2.05, 4.69) is 23.8 Å². The molecule has 0 aliphatic carbocycles. The molecule has 3 N–H and O–H groups in total. The second kappa shape index (κ2) is 12.1. The van der Waals surface area contributed by atoms with Crippen molar-refractivity contribution in [3.05, 3.63) is 12.7 Å². The largest absolute Gasteiger partial charge is 0.370 e. The monoisotopic (exact) mass is 225 g/mol. The van der Waals surface area contributed by atoms with Crippen LogP contribution in [0.25, 0.3) is 0 Å². The SMILES string of the molecule is C=CCNC(N)=NCCCCCCCCC. The molecule has 3 nitrogen and oxygen atoms in total. The zero-order valence-electron chi connectivity index (χ0n) is 10.7. The number of nitrogens with two attached hydrogens (primary N) is 1. The maximum Gasteiger partial charge on any atom is 0.188 e. The van der Waals surface area contributed by atoms with Gasteiger partial charge in [-0.1, -0.05) is 51.5 Å². The molecule has 0 atom stereocenters. The Kier molecular flexibility index (Phi) is 11.3. The smallest absolute Gasteiger partial charge is 0.188 e. The predicted molar refractivity (Wildman–Crippen MR) is 72.7 cm³/mol. The quantitative estimate of drug-likeness (QED) is 0.260. The minimum Gasteiger partial charge on any atom is -0.370 e. The molecule has 0 saturated carbocycles. The summed E-state index contributed by atoms with van der Waals surface area (Å²) >= 11 is 0. The van der Waals surface area contributed by atoms with Crippen LogP contribution < -0.4 is 11.1 Å². The molecule has 3 heteroatoms. The van der Waals surface area contributed by atoms with E-state index in [1.54, 1.807) is 6.08 Å². The van der Waals surface area contributed by atoms with E-state index in [-0.39, 0.29) is 0 Å². The topological polar surface area (TPSA) is 50.4 Å². The molecule has 0 fully saturated rings. The minimum atomic E-state index is 0.533. The van der Waals surface area contributed by atoms with Crippen LogP contribution in [0.1, 0.15) is 51.9 Å². The van der Waals surface area contributed by atoms with Crippen LogP contribution in [-0.4, -0.2) is 19.0 Å². The molecule has 16 heavy (non-hydrogen) atoms. The molecule has 0 bridgehead atoms. The van der Waals surface area contributed by atoms with Crippen molar-refractivity contribution in [3.63, 3.8) is 0 Å². The van der Waals surface area contributed by atoms with Gasteiger partial charge < -0.3 is 11.1 Å². The van der Waals surface area contributed by atoms with Crippen molar-refractivity contribution in [3.8, 4) is 0 Å². The molecule has 0 aliphatic heterocycles. The molecule has 0 saturated heterocycles. The highest BCUT2D eigenvalue weighted by molar-refractivity contribution is 5.77. The van der Waals surface area contributed by atoms with E-state index in [0.717, 1.165) is 13.0 Å². The lowest BCUT2D eigenvalue weighted by Gasteiger charge is -2.02. The molecule has 0 aromatic carbocycles. The summed E-state index contributed by atoms with van der Waals surface area (Å²) in [5.74, 6) is 0.533. The van der Waals surface area contributed by atoms with Gasteiger partial charge in [-0.2, -0.15) is 0 Å². The van der Waals surface area contributed by atoms with Gasteiger partial charge in [-0.15, -0.1) is 6.58 Å². The fraction of sp³-hybridized carbons (Fsp3) is 0.769. The second-order valence-corrected chi connectivity index (χ2v) is 4.06. The normalized spacial score (nSPS) is 11.4. The fourth-order valence-corrected chi connectivity index (χ4v) is 1.50. The van der Waals surface area contributed by atoms with Gasteiger partial charge in [0.1, 0.15) is 0 Å². The standard InChI is InChI=1S/C13H27N3/c1-3-5-6-7-8-9-10-12-16-13(14)15-11-4-2/h4H,2-3,5-12H2,1H3,(H3,14,15,16). The average molecular weight is 225 g/mol. The molecule has 0 spiro atoms. The van der Waals surface area contributed by atoms with Gasteiger partial charge in [-0.05, 0) is 6.42 Å². The van der Waals surface area contributed by atoms with Crippen molar-refractivity contribution in [1.82, 2.24) is 5.32 Å². The van der Waals surface area contributed by atoms with E-state index in [0.29, 0.717) is 12.5 Å². The molecular weight excluding hydrogens is 198 g/mol. The lowest BCUT2D eigenvalue weighted by Crippen LogP contribution is -2.31. The van der Waals surface area contributed by atoms with Crippen LogP contribution in [0.15, 0.2) is 17.6 Å². The Morgan fingerprint density at radius 3 is 2.44 bits per heavy atom. The number of hydrogen-bond acceptors (Lipinski definition) is 1. The van der Waals surface area contributed by atoms with Crippen molar-refractivity contribution in [2.75, 3.05) is 13.1 Å². The average Bonchev–Trinajstić information content (AvgIpc) is 2.30. The summed E-state index contributed by atoms with van der Waals surface area (Å²) in [5.41, 5.74) is 5.63. The van der Waals surface area contributed by atoms with E-state index in [1.165, 1.54) is 38.5 Å². The summed E-state index contributed by atoms with van der Waals surface area (Å²) in [7, 11) is 0. The van der Waals surface area contributed by atoms with Crippen LogP contribution in [0.2, 0.25) is 0 Å². The number of guanidine groups is 1. The summed E-state index contributed by atoms with van der Waals surface area (Å²) in [4.78, 5) is 4.23. The van der Waals surface area contributed by atoms with Gasteiger partial charge >= 0.3 is 0 Å². The lowest BCUT2D eigenvalue weighted by molar-refractivity contribution is 0.592. The van der Waals surface area contributed by atoms with Crippen molar-refractivity contribution in [2.45, 2.75) is 51.9 Å². The number of nitrogens with zero attached hydrogens (tertiary/aromatic N) is 1. The number of aliphatic imine (C=N–C) groups is 1. The van der Waals surface area contributed by atoms with Crippen molar-refractivity contribution in [1.29, 1.82) is 0 Å². The van der Waals surface area contributed by atoms with Gasteiger partial charge in [-0.3, -0.25) is 4.99 Å². The number of rotatable bonds is 10. The van der Waals surface area contributed by atoms with Crippen LogP contribution in [0, 0.1) is 0 Å². The van der Waals surface area contributed by atoms with E-state index in [4.69, 9.17) is 5.73 Å². The number of unbranched alkanes of at least 4 members (excludes halogenated alkanes) is 6. The van der Waals surface area contributed by atoms with Gasteiger partial charge in [0.25, 0.3) is 0 Å². The Balaban J connectivity index is 3.21. The molecule has 0 unspecified atom stereocenters. The second-order valence-electron chi connectivity index (χ2n) is 4.06. The zero-order valence-corrected chi connectivity index (χ0v) is 10.7. The van der Waals surface area contributed by atoms with Gasteiger partial charge in [0, 0.05) is 13.1 Å². The maximum atomic E-state index is 5.63. The Labute approximate surface area is 100 Å². The number of nitrogens with one attached hydrogen (secondary N) is 1. The predicted octanol–water partition coefficient (Wildman–Crippen LogP) is 2.83. The molecule has 0 aromatic rings. The molecule has 0 rings (SSSR count). The highest BCUT2D eigenvalue weighted by Gasteiger charge is 1.91. The third-order valence-corrected chi connectivity index (χ3v) is 2.47. The minimum absolute atomic E-state index is 0.533. The fourth-order valence-electron chi connectivity index (χ4n) is 1.50. The Hall–Kier alpha value is -0.990. The molecule has 0 radical (unpaired) electrons. The Morgan fingerprint density at radius 2 is 1.81 bits per heavy atom. The zero-order chi connectivity index (χ0) is 12.1. The third-order valence-electron chi connectivity index (χ3n) is 2.47. The molecule has 94 valence electrons. The highest BCUT2D eigenvalue weighted by atomic mass is 15.1. The van der Waals surface area contributed by atoms with Crippen molar-refractivity contribution in [2.24, 2.45) is 10.7 Å². The molecule has 0 amide bonds. The van der Waals surface area contributed by atoms with Crippen molar-refractivity contribution < 1.29 is 0 Å². The van der Waals surface area contributed by atoms with Crippen LogP contribution in [-0.2, 0) is 0 Å². The summed E-state index contributed by atoms with van der Waals surface area (Å²) in [5, 5.41) is 2.96. The molecular formula is C13H27N3. The first-order chi connectivity index (χ1) is 7.81. The van der Waals surface area contributed by atoms with Gasteiger partial charge in [0.15, 0.2) is 5.96 Å². The first kappa shape index (κ1) is 15.0. The third kappa shape index (κ3) is 11.1.